The van der Waals surface area contributed by atoms with Gasteiger partial charge in [-0.3, -0.25) is 0 Å². The van der Waals surface area contributed by atoms with Gasteiger partial charge in [-0.1, -0.05) is 26.0 Å². The van der Waals surface area contributed by atoms with Crippen molar-refractivity contribution in [2.75, 3.05) is 13.2 Å². The third-order valence-electron chi connectivity index (χ3n) is 2.79. The molecule has 21 heavy (non-hydrogen) atoms. The quantitative estimate of drug-likeness (QED) is 0.679. The molecule has 3 nitrogen and oxygen atoms in total. The SMILES string of the molecule is CCCOc1cccc(Oc2cccc(OCCC)c2)c1. The van der Waals surface area contributed by atoms with E-state index in [0.29, 0.717) is 13.2 Å². The summed E-state index contributed by atoms with van der Waals surface area (Å²) in [6.45, 7) is 5.60. The second-order valence-electron chi connectivity index (χ2n) is 4.75. The molecule has 2 aromatic carbocycles. The van der Waals surface area contributed by atoms with Gasteiger partial charge in [0.05, 0.1) is 13.2 Å². The lowest BCUT2D eigenvalue weighted by atomic mass is 10.3. The summed E-state index contributed by atoms with van der Waals surface area (Å²) < 4.78 is 17.1. The molecule has 0 atom stereocenters. The smallest absolute Gasteiger partial charge is 0.131 e. The number of ether oxygens (including phenoxy) is 3. The molecule has 3 heteroatoms. The fraction of sp³-hybridized carbons (Fsp3) is 0.333. The molecule has 0 saturated heterocycles. The molecule has 0 bridgehead atoms. The van der Waals surface area contributed by atoms with Crippen molar-refractivity contribution in [3.63, 3.8) is 0 Å². The van der Waals surface area contributed by atoms with Crippen molar-refractivity contribution in [1.82, 2.24) is 0 Å². The summed E-state index contributed by atoms with van der Waals surface area (Å²) >= 11 is 0. The van der Waals surface area contributed by atoms with E-state index >= 15 is 0 Å². The number of rotatable bonds is 8. The number of hydrogen-bond acceptors (Lipinski definition) is 3. The van der Waals surface area contributed by atoms with Crippen LogP contribution in [0.2, 0.25) is 0 Å². The highest BCUT2D eigenvalue weighted by Crippen LogP contribution is 2.27. The molecule has 0 amide bonds. The summed E-state index contributed by atoms with van der Waals surface area (Å²) in [5.74, 6) is 3.17. The van der Waals surface area contributed by atoms with Crippen LogP contribution in [0.15, 0.2) is 48.5 Å². The summed E-state index contributed by atoms with van der Waals surface area (Å²) in [6, 6.07) is 15.4. The first-order valence-electron chi connectivity index (χ1n) is 7.45. The van der Waals surface area contributed by atoms with Gasteiger partial charge in [-0.05, 0) is 37.1 Å². The molecular weight excluding hydrogens is 264 g/mol. The van der Waals surface area contributed by atoms with Crippen LogP contribution >= 0.6 is 0 Å². The normalized spacial score (nSPS) is 10.2. The zero-order chi connectivity index (χ0) is 14.9. The van der Waals surface area contributed by atoms with E-state index in [1.165, 1.54) is 0 Å². The molecule has 0 aromatic heterocycles. The average molecular weight is 286 g/mol. The Morgan fingerprint density at radius 3 is 1.52 bits per heavy atom. The maximum absolute atomic E-state index is 5.86. The van der Waals surface area contributed by atoms with Crippen LogP contribution < -0.4 is 14.2 Å². The Hall–Kier alpha value is -2.16. The second kappa shape index (κ2) is 8.20. The fourth-order valence-corrected chi connectivity index (χ4v) is 1.83. The minimum atomic E-state index is 0.712. The van der Waals surface area contributed by atoms with Crippen molar-refractivity contribution in [2.24, 2.45) is 0 Å². The highest BCUT2D eigenvalue weighted by atomic mass is 16.5. The van der Waals surface area contributed by atoms with Crippen LogP contribution in [0.25, 0.3) is 0 Å². The Bertz CT molecular complexity index is 502. The molecule has 0 heterocycles. The van der Waals surface area contributed by atoms with Crippen molar-refractivity contribution in [3.8, 4) is 23.0 Å². The van der Waals surface area contributed by atoms with E-state index in [0.717, 1.165) is 35.8 Å². The summed E-state index contributed by atoms with van der Waals surface area (Å²) in [7, 11) is 0. The molecule has 0 aliphatic carbocycles. The first-order chi connectivity index (χ1) is 10.3. The number of hydrogen-bond donors (Lipinski definition) is 0. The van der Waals surface area contributed by atoms with Crippen LogP contribution in [0.4, 0.5) is 0 Å². The summed E-state index contributed by atoms with van der Waals surface area (Å²) in [4.78, 5) is 0. The summed E-state index contributed by atoms with van der Waals surface area (Å²) in [6.07, 6.45) is 1.98. The molecule has 2 rings (SSSR count). The summed E-state index contributed by atoms with van der Waals surface area (Å²) in [5, 5.41) is 0. The van der Waals surface area contributed by atoms with E-state index in [2.05, 4.69) is 13.8 Å². The number of benzene rings is 2. The predicted molar refractivity (Wildman–Crippen MR) is 84.5 cm³/mol. The minimum absolute atomic E-state index is 0.712. The maximum Gasteiger partial charge on any atom is 0.131 e. The van der Waals surface area contributed by atoms with Crippen molar-refractivity contribution in [3.05, 3.63) is 48.5 Å². The Morgan fingerprint density at radius 2 is 1.10 bits per heavy atom. The molecule has 0 saturated carbocycles. The zero-order valence-electron chi connectivity index (χ0n) is 12.7. The highest BCUT2D eigenvalue weighted by molar-refractivity contribution is 5.39. The largest absolute Gasteiger partial charge is 0.493 e. The van der Waals surface area contributed by atoms with Gasteiger partial charge in [-0.2, -0.15) is 0 Å². The Kier molecular flexibility index (Phi) is 5.95. The van der Waals surface area contributed by atoms with Crippen LogP contribution in [-0.4, -0.2) is 13.2 Å². The maximum atomic E-state index is 5.86. The fourth-order valence-electron chi connectivity index (χ4n) is 1.83. The monoisotopic (exact) mass is 286 g/mol. The van der Waals surface area contributed by atoms with E-state index in [1.54, 1.807) is 0 Å². The first kappa shape index (κ1) is 15.2. The molecule has 0 N–H and O–H groups in total. The lowest BCUT2D eigenvalue weighted by molar-refractivity contribution is 0.314. The third kappa shape index (κ3) is 5.03. The third-order valence-corrected chi connectivity index (χ3v) is 2.79. The topological polar surface area (TPSA) is 27.7 Å². The predicted octanol–water partition coefficient (Wildman–Crippen LogP) is 5.06. The van der Waals surface area contributed by atoms with Gasteiger partial charge in [0.1, 0.15) is 23.0 Å². The van der Waals surface area contributed by atoms with Gasteiger partial charge in [0.25, 0.3) is 0 Å². The van der Waals surface area contributed by atoms with E-state index in [1.807, 2.05) is 48.5 Å². The minimum Gasteiger partial charge on any atom is -0.493 e. The lowest BCUT2D eigenvalue weighted by Crippen LogP contribution is -1.96. The van der Waals surface area contributed by atoms with Crippen molar-refractivity contribution in [2.45, 2.75) is 26.7 Å². The molecule has 112 valence electrons. The molecular formula is C18H22O3. The summed E-state index contributed by atoms with van der Waals surface area (Å²) in [5.41, 5.74) is 0. The van der Waals surface area contributed by atoms with Gasteiger partial charge in [-0.15, -0.1) is 0 Å². The van der Waals surface area contributed by atoms with Gasteiger partial charge in [0.15, 0.2) is 0 Å². The van der Waals surface area contributed by atoms with Crippen LogP contribution in [0.3, 0.4) is 0 Å². The van der Waals surface area contributed by atoms with E-state index in [-0.39, 0.29) is 0 Å². The van der Waals surface area contributed by atoms with Crippen molar-refractivity contribution < 1.29 is 14.2 Å². The zero-order valence-corrected chi connectivity index (χ0v) is 12.7. The van der Waals surface area contributed by atoms with Gasteiger partial charge in [0, 0.05) is 12.1 Å². The standard InChI is InChI=1S/C18H22O3/c1-3-11-19-15-7-5-9-17(13-15)21-18-10-6-8-16(14-18)20-12-4-2/h5-10,13-14H,3-4,11-12H2,1-2H3. The highest BCUT2D eigenvalue weighted by Gasteiger charge is 2.02. The Labute approximate surface area is 126 Å². The van der Waals surface area contributed by atoms with Crippen LogP contribution in [0.1, 0.15) is 26.7 Å². The van der Waals surface area contributed by atoms with Gasteiger partial charge in [-0.25, -0.2) is 0 Å². The Morgan fingerprint density at radius 1 is 0.667 bits per heavy atom. The average Bonchev–Trinajstić information content (AvgIpc) is 2.52. The van der Waals surface area contributed by atoms with Gasteiger partial charge < -0.3 is 14.2 Å². The van der Waals surface area contributed by atoms with Crippen molar-refractivity contribution >= 4 is 0 Å². The van der Waals surface area contributed by atoms with Gasteiger partial charge in [0.2, 0.25) is 0 Å². The van der Waals surface area contributed by atoms with E-state index in [9.17, 15) is 0 Å². The van der Waals surface area contributed by atoms with Crippen LogP contribution in [0.5, 0.6) is 23.0 Å². The Balaban J connectivity index is 2.03. The van der Waals surface area contributed by atoms with Crippen LogP contribution in [0, 0.1) is 0 Å². The van der Waals surface area contributed by atoms with E-state index < -0.39 is 0 Å². The molecule has 0 spiro atoms. The molecule has 0 aliphatic heterocycles. The molecule has 0 fully saturated rings. The van der Waals surface area contributed by atoms with Crippen molar-refractivity contribution in [1.29, 1.82) is 0 Å². The molecule has 2 aromatic rings. The van der Waals surface area contributed by atoms with Crippen LogP contribution in [-0.2, 0) is 0 Å². The van der Waals surface area contributed by atoms with E-state index in [4.69, 9.17) is 14.2 Å². The lowest BCUT2D eigenvalue weighted by Gasteiger charge is -2.10. The molecule has 0 aliphatic rings. The first-order valence-corrected chi connectivity index (χ1v) is 7.45. The molecule has 0 unspecified atom stereocenters. The second-order valence-corrected chi connectivity index (χ2v) is 4.75. The molecule has 0 radical (unpaired) electrons. The van der Waals surface area contributed by atoms with Gasteiger partial charge >= 0.3 is 0 Å².